The van der Waals surface area contributed by atoms with Gasteiger partial charge in [-0.1, -0.05) is 18.3 Å². The zero-order chi connectivity index (χ0) is 17.9. The molecule has 7 heteroatoms. The van der Waals surface area contributed by atoms with E-state index in [0.29, 0.717) is 25.5 Å². The molecule has 1 atom stereocenters. The van der Waals surface area contributed by atoms with Crippen molar-refractivity contribution in [2.75, 3.05) is 39.9 Å². The molecule has 1 aromatic heterocycles. The van der Waals surface area contributed by atoms with Crippen molar-refractivity contribution in [3.8, 4) is 0 Å². The number of carbonyl (C=O) groups excluding carboxylic acids is 1. The molecule has 0 saturated carbocycles. The van der Waals surface area contributed by atoms with Gasteiger partial charge in [0.05, 0.1) is 17.2 Å². The molecule has 0 aromatic carbocycles. The number of aromatic nitrogens is 2. The first kappa shape index (κ1) is 18.7. The SMILES string of the molecule is COCCN1C[C@@]2(CCCN(Cc3snnc3C(C)C)C2)CCC1=O. The van der Waals surface area contributed by atoms with Gasteiger partial charge in [0.15, 0.2) is 0 Å². The third kappa shape index (κ3) is 4.38. The molecule has 0 bridgehead atoms. The van der Waals surface area contributed by atoms with E-state index in [9.17, 15) is 4.79 Å². The van der Waals surface area contributed by atoms with Crippen LogP contribution in [0.15, 0.2) is 0 Å². The summed E-state index contributed by atoms with van der Waals surface area (Å²) in [6, 6.07) is 0. The summed E-state index contributed by atoms with van der Waals surface area (Å²) in [5, 5.41) is 4.32. The van der Waals surface area contributed by atoms with Crippen LogP contribution in [0.3, 0.4) is 0 Å². The van der Waals surface area contributed by atoms with Crippen molar-refractivity contribution in [1.82, 2.24) is 19.4 Å². The first-order chi connectivity index (χ1) is 12.0. The van der Waals surface area contributed by atoms with E-state index in [2.05, 4.69) is 28.3 Å². The van der Waals surface area contributed by atoms with Gasteiger partial charge >= 0.3 is 0 Å². The normalized spacial score (nSPS) is 25.3. The van der Waals surface area contributed by atoms with Crippen molar-refractivity contribution < 1.29 is 9.53 Å². The summed E-state index contributed by atoms with van der Waals surface area (Å²) in [6.07, 6.45) is 4.12. The molecule has 25 heavy (non-hydrogen) atoms. The molecule has 6 nitrogen and oxygen atoms in total. The Morgan fingerprint density at radius 3 is 2.92 bits per heavy atom. The van der Waals surface area contributed by atoms with Crippen LogP contribution in [0.4, 0.5) is 0 Å². The Labute approximate surface area is 154 Å². The molecular weight excluding hydrogens is 336 g/mol. The van der Waals surface area contributed by atoms with Crippen molar-refractivity contribution in [3.05, 3.63) is 10.6 Å². The van der Waals surface area contributed by atoms with E-state index in [1.54, 1.807) is 7.11 Å². The molecular formula is C18H30N4O2S. The minimum atomic E-state index is 0.246. The molecule has 2 saturated heterocycles. The molecule has 0 radical (unpaired) electrons. The van der Waals surface area contributed by atoms with Gasteiger partial charge in [-0.25, -0.2) is 0 Å². The Morgan fingerprint density at radius 2 is 2.16 bits per heavy atom. The molecule has 2 aliphatic heterocycles. The molecule has 0 aliphatic carbocycles. The van der Waals surface area contributed by atoms with E-state index in [1.807, 2.05) is 4.90 Å². The van der Waals surface area contributed by atoms with E-state index in [1.165, 1.54) is 29.3 Å². The molecule has 1 aromatic rings. The van der Waals surface area contributed by atoms with Gasteiger partial charge < -0.3 is 9.64 Å². The largest absolute Gasteiger partial charge is 0.383 e. The Bertz CT molecular complexity index is 591. The average molecular weight is 367 g/mol. The second kappa shape index (κ2) is 8.10. The fraction of sp³-hybridized carbons (Fsp3) is 0.833. The molecule has 0 N–H and O–H groups in total. The van der Waals surface area contributed by atoms with E-state index in [0.717, 1.165) is 38.3 Å². The van der Waals surface area contributed by atoms with Gasteiger partial charge in [0, 0.05) is 45.1 Å². The number of likely N-dealkylation sites (tertiary alicyclic amines) is 2. The highest BCUT2D eigenvalue weighted by Gasteiger charge is 2.41. The number of rotatable bonds is 6. The second-order valence-corrected chi connectivity index (χ2v) is 8.70. The molecule has 1 amide bonds. The van der Waals surface area contributed by atoms with Gasteiger partial charge in [-0.05, 0) is 43.3 Å². The molecule has 2 aliphatic rings. The lowest BCUT2D eigenvalue weighted by Crippen LogP contribution is -2.54. The van der Waals surface area contributed by atoms with Crippen LogP contribution in [0.5, 0.6) is 0 Å². The van der Waals surface area contributed by atoms with Crippen molar-refractivity contribution in [3.63, 3.8) is 0 Å². The van der Waals surface area contributed by atoms with Gasteiger partial charge in [-0.15, -0.1) is 5.10 Å². The minimum absolute atomic E-state index is 0.246. The van der Waals surface area contributed by atoms with Crippen LogP contribution in [-0.2, 0) is 16.1 Å². The van der Waals surface area contributed by atoms with Gasteiger partial charge in [-0.2, -0.15) is 0 Å². The van der Waals surface area contributed by atoms with Gasteiger partial charge in [0.1, 0.15) is 0 Å². The smallest absolute Gasteiger partial charge is 0.222 e. The predicted octanol–water partition coefficient (Wildman–Crippen LogP) is 2.51. The zero-order valence-corrected chi connectivity index (χ0v) is 16.5. The Balaban J connectivity index is 1.65. The molecule has 1 spiro atoms. The van der Waals surface area contributed by atoms with E-state index < -0.39 is 0 Å². The number of hydrogen-bond acceptors (Lipinski definition) is 6. The lowest BCUT2D eigenvalue weighted by Gasteiger charge is -2.48. The third-order valence-electron chi connectivity index (χ3n) is 5.55. The van der Waals surface area contributed by atoms with Crippen LogP contribution in [0.2, 0.25) is 0 Å². The van der Waals surface area contributed by atoms with Crippen LogP contribution >= 0.6 is 11.5 Å². The fourth-order valence-corrected chi connectivity index (χ4v) is 5.09. The van der Waals surface area contributed by atoms with Crippen LogP contribution in [-0.4, -0.2) is 65.2 Å². The van der Waals surface area contributed by atoms with Gasteiger partial charge in [0.2, 0.25) is 5.91 Å². The average Bonchev–Trinajstić information content (AvgIpc) is 3.04. The van der Waals surface area contributed by atoms with E-state index >= 15 is 0 Å². The van der Waals surface area contributed by atoms with E-state index in [-0.39, 0.29) is 11.3 Å². The number of nitrogens with zero attached hydrogens (tertiary/aromatic N) is 4. The first-order valence-corrected chi connectivity index (χ1v) is 10.1. The maximum Gasteiger partial charge on any atom is 0.222 e. The lowest BCUT2D eigenvalue weighted by atomic mass is 9.73. The molecule has 140 valence electrons. The number of piperidine rings is 2. The molecule has 3 rings (SSSR count). The highest BCUT2D eigenvalue weighted by molar-refractivity contribution is 7.05. The summed E-state index contributed by atoms with van der Waals surface area (Å²) < 4.78 is 9.35. The fourth-order valence-electron chi connectivity index (χ4n) is 4.25. The molecule has 3 heterocycles. The highest BCUT2D eigenvalue weighted by atomic mass is 32.1. The maximum absolute atomic E-state index is 12.2. The van der Waals surface area contributed by atoms with Crippen LogP contribution in [0.25, 0.3) is 0 Å². The lowest BCUT2D eigenvalue weighted by molar-refractivity contribution is -0.140. The summed E-state index contributed by atoms with van der Waals surface area (Å²) in [5.74, 6) is 0.706. The number of ether oxygens (including phenoxy) is 1. The summed E-state index contributed by atoms with van der Waals surface area (Å²) in [6.45, 7) is 9.71. The first-order valence-electron chi connectivity index (χ1n) is 9.33. The number of carbonyl (C=O) groups is 1. The zero-order valence-electron chi connectivity index (χ0n) is 15.7. The highest BCUT2D eigenvalue weighted by Crippen LogP contribution is 2.39. The monoisotopic (exact) mass is 366 g/mol. The van der Waals surface area contributed by atoms with Crippen LogP contribution in [0, 0.1) is 5.41 Å². The number of amides is 1. The van der Waals surface area contributed by atoms with Crippen molar-refractivity contribution in [1.29, 1.82) is 0 Å². The Kier molecular flexibility index (Phi) is 6.07. The topological polar surface area (TPSA) is 58.6 Å². The maximum atomic E-state index is 12.2. The predicted molar refractivity (Wildman–Crippen MR) is 98.6 cm³/mol. The summed E-state index contributed by atoms with van der Waals surface area (Å²) >= 11 is 1.53. The Hall–Kier alpha value is -1.05. The standard InChI is InChI=1S/C18H30N4O2S/c1-14(2)17-15(25-20-19-17)11-21-8-4-6-18(12-21)7-5-16(23)22(13-18)9-10-24-3/h14H,4-13H2,1-3H3/t18-/m0/s1. The summed E-state index contributed by atoms with van der Waals surface area (Å²) in [7, 11) is 1.70. The summed E-state index contributed by atoms with van der Waals surface area (Å²) in [4.78, 5) is 18.1. The van der Waals surface area contributed by atoms with Gasteiger partial charge in [-0.3, -0.25) is 9.69 Å². The van der Waals surface area contributed by atoms with Crippen LogP contribution in [0.1, 0.15) is 56.0 Å². The molecule has 2 fully saturated rings. The van der Waals surface area contributed by atoms with E-state index in [4.69, 9.17) is 4.74 Å². The number of methoxy groups -OCH3 is 1. The number of hydrogen-bond donors (Lipinski definition) is 0. The van der Waals surface area contributed by atoms with Gasteiger partial charge in [0.25, 0.3) is 0 Å². The van der Waals surface area contributed by atoms with Crippen molar-refractivity contribution in [2.24, 2.45) is 5.41 Å². The van der Waals surface area contributed by atoms with Crippen molar-refractivity contribution in [2.45, 2.75) is 52.0 Å². The van der Waals surface area contributed by atoms with Crippen molar-refractivity contribution >= 4 is 17.4 Å². The summed E-state index contributed by atoms with van der Waals surface area (Å²) in [5.41, 5.74) is 1.39. The third-order valence-corrected chi connectivity index (χ3v) is 6.28. The second-order valence-electron chi connectivity index (χ2n) is 7.86. The molecule has 0 unspecified atom stereocenters. The minimum Gasteiger partial charge on any atom is -0.383 e. The Morgan fingerprint density at radius 1 is 1.32 bits per heavy atom. The van der Waals surface area contributed by atoms with Crippen LogP contribution < -0.4 is 0 Å². The quantitative estimate of drug-likeness (QED) is 0.774.